The molecule has 4 nitrogen and oxygen atoms in total. The van der Waals surface area contributed by atoms with E-state index < -0.39 is 0 Å². The molecule has 1 aromatic carbocycles. The van der Waals surface area contributed by atoms with Gasteiger partial charge in [-0.3, -0.25) is 4.79 Å². The van der Waals surface area contributed by atoms with E-state index in [2.05, 4.69) is 23.7 Å². The Hall–Kier alpha value is -1.85. The average molecular weight is 330 g/mol. The van der Waals surface area contributed by atoms with Crippen molar-refractivity contribution in [2.75, 3.05) is 30.4 Å². The molecule has 3 rings (SSSR count). The quantitative estimate of drug-likeness (QED) is 0.855. The Balaban J connectivity index is 1.58. The number of thiophene rings is 1. The summed E-state index contributed by atoms with van der Waals surface area (Å²) in [6, 6.07) is 9.86. The minimum absolute atomic E-state index is 0.101. The molecule has 1 amide bonds. The summed E-state index contributed by atoms with van der Waals surface area (Å²) < 4.78 is 0. The lowest BCUT2D eigenvalue weighted by molar-refractivity contribution is -0.117. The predicted molar refractivity (Wildman–Crippen MR) is 95.3 cm³/mol. The molecular formula is C18H22N2O2S. The van der Waals surface area contributed by atoms with E-state index in [0.717, 1.165) is 17.8 Å². The van der Waals surface area contributed by atoms with Crippen LogP contribution in [-0.2, 0) is 4.79 Å². The van der Waals surface area contributed by atoms with Gasteiger partial charge in [-0.1, -0.05) is 0 Å². The van der Waals surface area contributed by atoms with Crippen LogP contribution in [0.25, 0.3) is 0 Å². The summed E-state index contributed by atoms with van der Waals surface area (Å²) in [6.45, 7) is 2.83. The first kappa shape index (κ1) is 16.0. The molecular weight excluding hydrogens is 308 g/mol. The maximum absolute atomic E-state index is 12.4. The number of aryl methyl sites for hydroxylation is 1. The molecule has 1 aromatic heterocycles. The Labute approximate surface area is 140 Å². The van der Waals surface area contributed by atoms with Crippen molar-refractivity contribution < 1.29 is 9.90 Å². The van der Waals surface area contributed by atoms with Crippen molar-refractivity contribution in [2.45, 2.75) is 19.3 Å². The van der Waals surface area contributed by atoms with Gasteiger partial charge in [0, 0.05) is 41.7 Å². The standard InChI is InChI=1S/C18H22N2O2S/c1-12-7-10-23-17(12)15-11-16(15)18(22)19-13-3-5-14(6-4-13)20(2)8-9-21/h3-7,10,15-16,21H,8-9,11H2,1-2H3,(H,19,22). The lowest BCUT2D eigenvalue weighted by Gasteiger charge is -2.18. The van der Waals surface area contributed by atoms with Crippen molar-refractivity contribution in [2.24, 2.45) is 5.92 Å². The minimum Gasteiger partial charge on any atom is -0.395 e. The number of amides is 1. The predicted octanol–water partition coefficient (Wildman–Crippen LogP) is 3.23. The Bertz CT molecular complexity index is 681. The summed E-state index contributed by atoms with van der Waals surface area (Å²) in [5.74, 6) is 0.605. The van der Waals surface area contributed by atoms with E-state index in [1.807, 2.05) is 36.2 Å². The third-order valence-corrected chi connectivity index (χ3v) is 5.53. The second-order valence-electron chi connectivity index (χ2n) is 6.10. The second kappa shape index (κ2) is 6.72. The van der Waals surface area contributed by atoms with Crippen molar-refractivity contribution in [3.63, 3.8) is 0 Å². The van der Waals surface area contributed by atoms with Gasteiger partial charge in [-0.05, 0) is 54.6 Å². The number of aliphatic hydroxyl groups excluding tert-OH is 1. The van der Waals surface area contributed by atoms with Crippen LogP contribution in [0, 0.1) is 12.8 Å². The van der Waals surface area contributed by atoms with Gasteiger partial charge in [-0.15, -0.1) is 11.3 Å². The number of carbonyl (C=O) groups excluding carboxylic acids is 1. The number of rotatable bonds is 6. The highest BCUT2D eigenvalue weighted by molar-refractivity contribution is 7.10. The van der Waals surface area contributed by atoms with Crippen LogP contribution in [0.2, 0.25) is 0 Å². The number of aliphatic hydroxyl groups is 1. The molecule has 1 fully saturated rings. The van der Waals surface area contributed by atoms with Gasteiger partial charge >= 0.3 is 0 Å². The zero-order valence-corrected chi connectivity index (χ0v) is 14.3. The number of benzene rings is 1. The van der Waals surface area contributed by atoms with E-state index >= 15 is 0 Å². The fourth-order valence-electron chi connectivity index (χ4n) is 2.85. The summed E-state index contributed by atoms with van der Waals surface area (Å²) >= 11 is 1.75. The Morgan fingerprint density at radius 3 is 2.70 bits per heavy atom. The van der Waals surface area contributed by atoms with E-state index in [9.17, 15) is 4.79 Å². The SMILES string of the molecule is Cc1ccsc1C1CC1C(=O)Nc1ccc(N(C)CCO)cc1. The van der Waals surface area contributed by atoms with Crippen molar-refractivity contribution in [1.82, 2.24) is 0 Å². The number of nitrogens with zero attached hydrogens (tertiary/aromatic N) is 1. The highest BCUT2D eigenvalue weighted by Gasteiger charge is 2.45. The van der Waals surface area contributed by atoms with Crippen LogP contribution in [0.3, 0.4) is 0 Å². The van der Waals surface area contributed by atoms with E-state index in [1.165, 1.54) is 10.4 Å². The van der Waals surface area contributed by atoms with Gasteiger partial charge in [0.15, 0.2) is 0 Å². The highest BCUT2D eigenvalue weighted by atomic mass is 32.1. The maximum Gasteiger partial charge on any atom is 0.228 e. The van der Waals surface area contributed by atoms with Gasteiger partial charge in [0.2, 0.25) is 5.91 Å². The van der Waals surface area contributed by atoms with Gasteiger partial charge in [0.05, 0.1) is 6.61 Å². The number of hydrogen-bond acceptors (Lipinski definition) is 4. The Morgan fingerprint density at radius 1 is 1.35 bits per heavy atom. The summed E-state index contributed by atoms with van der Waals surface area (Å²) in [5, 5.41) is 14.1. The fourth-order valence-corrected chi connectivity index (χ4v) is 3.96. The smallest absolute Gasteiger partial charge is 0.228 e. The van der Waals surface area contributed by atoms with Crippen molar-refractivity contribution in [3.8, 4) is 0 Å². The monoisotopic (exact) mass is 330 g/mol. The third-order valence-electron chi connectivity index (χ3n) is 4.38. The molecule has 1 heterocycles. The van der Waals surface area contributed by atoms with Crippen LogP contribution < -0.4 is 10.2 Å². The molecule has 0 bridgehead atoms. The van der Waals surface area contributed by atoms with Gasteiger partial charge in [0.1, 0.15) is 0 Å². The van der Waals surface area contributed by atoms with Crippen molar-refractivity contribution in [3.05, 3.63) is 46.2 Å². The first-order valence-corrected chi connectivity index (χ1v) is 8.75. The van der Waals surface area contributed by atoms with Crippen LogP contribution in [0.5, 0.6) is 0 Å². The second-order valence-corrected chi connectivity index (χ2v) is 7.05. The third kappa shape index (κ3) is 3.57. The molecule has 2 N–H and O–H groups in total. The molecule has 0 radical (unpaired) electrons. The van der Waals surface area contributed by atoms with E-state index in [4.69, 9.17) is 5.11 Å². The van der Waals surface area contributed by atoms with Crippen LogP contribution >= 0.6 is 11.3 Å². The van der Waals surface area contributed by atoms with E-state index in [0.29, 0.717) is 12.5 Å². The van der Waals surface area contributed by atoms with Crippen LogP contribution in [0.1, 0.15) is 22.8 Å². The molecule has 23 heavy (non-hydrogen) atoms. The number of nitrogens with one attached hydrogen (secondary N) is 1. The maximum atomic E-state index is 12.4. The highest BCUT2D eigenvalue weighted by Crippen LogP contribution is 2.50. The number of likely N-dealkylation sites (N-methyl/N-ethyl adjacent to an activating group) is 1. The molecule has 0 spiro atoms. The number of anilines is 2. The number of hydrogen-bond donors (Lipinski definition) is 2. The molecule has 1 saturated carbocycles. The molecule has 5 heteroatoms. The van der Waals surface area contributed by atoms with Gasteiger partial charge in [-0.2, -0.15) is 0 Å². The fraction of sp³-hybridized carbons (Fsp3) is 0.389. The molecule has 0 aliphatic heterocycles. The Kier molecular flexibility index (Phi) is 4.68. The molecule has 122 valence electrons. The molecule has 1 aliphatic carbocycles. The normalized spacial score (nSPS) is 19.4. The van der Waals surface area contributed by atoms with Crippen molar-refractivity contribution in [1.29, 1.82) is 0 Å². The molecule has 2 aromatic rings. The minimum atomic E-state index is 0.101. The summed E-state index contributed by atoms with van der Waals surface area (Å²) in [6.07, 6.45) is 0.949. The first-order valence-electron chi connectivity index (χ1n) is 7.87. The van der Waals surface area contributed by atoms with Gasteiger partial charge < -0.3 is 15.3 Å². The summed E-state index contributed by atoms with van der Waals surface area (Å²) in [7, 11) is 1.93. The van der Waals surface area contributed by atoms with Crippen LogP contribution in [0.4, 0.5) is 11.4 Å². The first-order chi connectivity index (χ1) is 11.1. The zero-order valence-electron chi connectivity index (χ0n) is 13.5. The molecule has 1 aliphatic rings. The van der Waals surface area contributed by atoms with Gasteiger partial charge in [0.25, 0.3) is 0 Å². The average Bonchev–Trinajstić information content (AvgIpc) is 3.23. The largest absolute Gasteiger partial charge is 0.395 e. The lowest BCUT2D eigenvalue weighted by Crippen LogP contribution is -2.21. The topological polar surface area (TPSA) is 52.6 Å². The van der Waals surface area contributed by atoms with E-state index in [-0.39, 0.29) is 18.4 Å². The molecule has 0 saturated heterocycles. The lowest BCUT2D eigenvalue weighted by atomic mass is 10.2. The van der Waals surface area contributed by atoms with Crippen LogP contribution in [0.15, 0.2) is 35.7 Å². The molecule has 2 unspecified atom stereocenters. The van der Waals surface area contributed by atoms with Crippen molar-refractivity contribution >= 4 is 28.6 Å². The van der Waals surface area contributed by atoms with Gasteiger partial charge in [-0.25, -0.2) is 0 Å². The number of carbonyl (C=O) groups is 1. The Morgan fingerprint density at radius 2 is 2.09 bits per heavy atom. The summed E-state index contributed by atoms with van der Waals surface area (Å²) in [4.78, 5) is 15.7. The van der Waals surface area contributed by atoms with Crippen LogP contribution in [-0.4, -0.2) is 31.2 Å². The summed E-state index contributed by atoms with van der Waals surface area (Å²) in [5.41, 5.74) is 3.15. The zero-order chi connectivity index (χ0) is 16.4. The van der Waals surface area contributed by atoms with E-state index in [1.54, 1.807) is 11.3 Å². The molecule has 2 atom stereocenters.